The van der Waals surface area contributed by atoms with Crippen molar-refractivity contribution in [3.63, 3.8) is 0 Å². The second-order valence-corrected chi connectivity index (χ2v) is 12.0. The molecule has 0 radical (unpaired) electrons. The van der Waals surface area contributed by atoms with Crippen molar-refractivity contribution in [1.29, 1.82) is 0 Å². The first-order valence-electron chi connectivity index (χ1n) is 12.6. The molecule has 0 aromatic heterocycles. The van der Waals surface area contributed by atoms with Crippen LogP contribution in [-0.2, 0) is 12.6 Å². The van der Waals surface area contributed by atoms with Gasteiger partial charge in [0.2, 0.25) is 0 Å². The van der Waals surface area contributed by atoms with E-state index in [-0.39, 0.29) is 11.5 Å². The zero-order chi connectivity index (χ0) is 24.8. The third kappa shape index (κ3) is 5.44. The Bertz CT molecular complexity index is 1080. The molecule has 35 heavy (non-hydrogen) atoms. The van der Waals surface area contributed by atoms with Gasteiger partial charge in [-0.25, -0.2) is 0 Å². The van der Waals surface area contributed by atoms with Gasteiger partial charge in [-0.3, -0.25) is 0 Å². The zero-order valence-electron chi connectivity index (χ0n) is 20.5. The van der Waals surface area contributed by atoms with Crippen LogP contribution in [0.25, 0.3) is 0 Å². The number of hydrogen-bond acceptors (Lipinski definition) is 5. The average Bonchev–Trinajstić information content (AvgIpc) is 3.18. The molecular formula is C27H35F3N4S. The standard InChI is InChI=1S/C27H35F3N4S/c1-26(2)7-11-34(17-26)21-4-3-18-13-22-23(32-20-5-9-33(10-6-20)12-8-31)14-19(27(28,29)30)15-25(22)35-24(18)16-21/h3-4,14-16,20,32H,5-13,17,31H2,1-2H3. The van der Waals surface area contributed by atoms with Crippen molar-refractivity contribution in [2.24, 2.45) is 11.1 Å². The predicted octanol–water partition coefficient (Wildman–Crippen LogP) is 5.83. The minimum atomic E-state index is -4.38. The summed E-state index contributed by atoms with van der Waals surface area (Å²) in [4.78, 5) is 6.51. The first kappa shape index (κ1) is 24.8. The van der Waals surface area contributed by atoms with E-state index in [1.54, 1.807) is 0 Å². The maximum atomic E-state index is 13.8. The van der Waals surface area contributed by atoms with Crippen LogP contribution in [0.1, 0.15) is 49.8 Å². The minimum Gasteiger partial charge on any atom is -0.382 e. The molecule has 4 nitrogen and oxygen atoms in total. The van der Waals surface area contributed by atoms with E-state index < -0.39 is 11.7 Å². The van der Waals surface area contributed by atoms with Crippen molar-refractivity contribution >= 4 is 23.1 Å². The molecule has 0 bridgehead atoms. The van der Waals surface area contributed by atoms with Crippen LogP contribution < -0.4 is 16.0 Å². The number of piperidine rings is 1. The van der Waals surface area contributed by atoms with Gasteiger partial charge >= 0.3 is 6.18 Å². The van der Waals surface area contributed by atoms with Gasteiger partial charge in [-0.15, -0.1) is 0 Å². The quantitative estimate of drug-likeness (QED) is 0.458. The van der Waals surface area contributed by atoms with E-state index in [2.05, 4.69) is 47.2 Å². The lowest BCUT2D eigenvalue weighted by atomic mass is 9.93. The van der Waals surface area contributed by atoms with E-state index >= 15 is 0 Å². The molecule has 0 amide bonds. The molecule has 2 saturated heterocycles. The summed E-state index contributed by atoms with van der Waals surface area (Å²) in [6, 6.07) is 9.34. The topological polar surface area (TPSA) is 44.5 Å². The van der Waals surface area contributed by atoms with Gasteiger partial charge in [0.05, 0.1) is 5.56 Å². The van der Waals surface area contributed by atoms with Crippen LogP contribution in [0.4, 0.5) is 24.5 Å². The molecule has 3 aliphatic rings. The number of nitrogens with two attached hydrogens (primary N) is 1. The first-order valence-corrected chi connectivity index (χ1v) is 13.4. The maximum absolute atomic E-state index is 13.8. The highest BCUT2D eigenvalue weighted by molar-refractivity contribution is 7.99. The molecule has 3 heterocycles. The Morgan fingerprint density at radius 3 is 2.51 bits per heavy atom. The van der Waals surface area contributed by atoms with E-state index in [0.29, 0.717) is 23.5 Å². The normalized spacial score (nSPS) is 20.6. The molecule has 3 aliphatic heterocycles. The highest BCUT2D eigenvalue weighted by Crippen LogP contribution is 2.47. The lowest BCUT2D eigenvalue weighted by Gasteiger charge is -2.34. The summed E-state index contributed by atoms with van der Waals surface area (Å²) in [6.07, 6.45) is -0.764. The summed E-state index contributed by atoms with van der Waals surface area (Å²) in [5.74, 6) is 0. The number of alkyl halides is 3. The van der Waals surface area contributed by atoms with E-state index in [4.69, 9.17) is 5.73 Å². The molecule has 2 fully saturated rings. The van der Waals surface area contributed by atoms with Gasteiger partial charge in [-0.05, 0) is 60.1 Å². The van der Waals surface area contributed by atoms with Gasteiger partial charge in [-0.2, -0.15) is 13.2 Å². The zero-order valence-corrected chi connectivity index (χ0v) is 21.4. The summed E-state index contributed by atoms with van der Waals surface area (Å²) in [6.45, 7) is 9.93. The van der Waals surface area contributed by atoms with E-state index in [0.717, 1.165) is 62.4 Å². The van der Waals surface area contributed by atoms with Crippen LogP contribution in [-0.4, -0.2) is 50.2 Å². The van der Waals surface area contributed by atoms with Gasteiger partial charge in [0.1, 0.15) is 0 Å². The monoisotopic (exact) mass is 504 g/mol. The van der Waals surface area contributed by atoms with Crippen molar-refractivity contribution in [3.8, 4) is 0 Å². The molecule has 0 atom stereocenters. The lowest BCUT2D eigenvalue weighted by Crippen LogP contribution is -2.41. The van der Waals surface area contributed by atoms with Gasteiger partial charge in [-0.1, -0.05) is 31.7 Å². The second kappa shape index (κ2) is 9.52. The van der Waals surface area contributed by atoms with Gasteiger partial charge in [0.15, 0.2) is 0 Å². The summed E-state index contributed by atoms with van der Waals surface area (Å²) < 4.78 is 41.5. The number of fused-ring (bicyclic) bond motifs is 2. The third-order valence-electron chi connectivity index (χ3n) is 7.61. The number of anilines is 2. The lowest BCUT2D eigenvalue weighted by molar-refractivity contribution is -0.137. The van der Waals surface area contributed by atoms with Crippen LogP contribution >= 0.6 is 11.8 Å². The van der Waals surface area contributed by atoms with E-state index in [9.17, 15) is 13.2 Å². The number of likely N-dealkylation sites (tertiary alicyclic amines) is 1. The van der Waals surface area contributed by atoms with E-state index in [1.807, 2.05) is 0 Å². The fraction of sp³-hybridized carbons (Fsp3) is 0.556. The Morgan fingerprint density at radius 2 is 1.86 bits per heavy atom. The van der Waals surface area contributed by atoms with Crippen molar-refractivity contribution in [2.45, 2.75) is 61.5 Å². The molecule has 0 unspecified atom stereocenters. The summed E-state index contributed by atoms with van der Waals surface area (Å²) in [5.41, 5.74) is 9.36. The van der Waals surface area contributed by atoms with Crippen LogP contribution in [0.3, 0.4) is 0 Å². The molecule has 0 saturated carbocycles. The Labute approximate surface area is 210 Å². The van der Waals surface area contributed by atoms with Gasteiger partial charge < -0.3 is 20.9 Å². The van der Waals surface area contributed by atoms with Crippen LogP contribution in [0.15, 0.2) is 40.1 Å². The number of hydrogen-bond donors (Lipinski definition) is 2. The second-order valence-electron chi connectivity index (χ2n) is 11.0. The molecule has 190 valence electrons. The molecule has 2 aromatic carbocycles. The first-order chi connectivity index (χ1) is 16.6. The van der Waals surface area contributed by atoms with Gasteiger partial charge in [0.25, 0.3) is 0 Å². The fourth-order valence-electron chi connectivity index (χ4n) is 5.54. The molecular weight excluding hydrogens is 469 g/mol. The number of nitrogens with one attached hydrogen (secondary N) is 1. The smallest absolute Gasteiger partial charge is 0.382 e. The van der Waals surface area contributed by atoms with E-state index in [1.165, 1.54) is 35.1 Å². The number of nitrogens with zero attached hydrogens (tertiary/aromatic N) is 2. The largest absolute Gasteiger partial charge is 0.416 e. The van der Waals surface area contributed by atoms with Crippen LogP contribution in [0.5, 0.6) is 0 Å². The van der Waals surface area contributed by atoms with Crippen LogP contribution in [0.2, 0.25) is 0 Å². The molecule has 8 heteroatoms. The number of rotatable bonds is 5. The van der Waals surface area contributed by atoms with Crippen molar-refractivity contribution < 1.29 is 13.2 Å². The Kier molecular flexibility index (Phi) is 6.74. The minimum absolute atomic E-state index is 0.170. The van der Waals surface area contributed by atoms with Crippen LogP contribution in [0, 0.1) is 5.41 Å². The highest BCUT2D eigenvalue weighted by Gasteiger charge is 2.34. The Morgan fingerprint density at radius 1 is 1.09 bits per heavy atom. The van der Waals surface area contributed by atoms with Gasteiger partial charge in [0, 0.05) is 72.9 Å². The number of benzene rings is 2. The summed E-state index contributed by atoms with van der Waals surface area (Å²) in [7, 11) is 0. The molecule has 2 aromatic rings. The maximum Gasteiger partial charge on any atom is 0.416 e. The fourth-order valence-corrected chi connectivity index (χ4v) is 6.72. The molecule has 5 rings (SSSR count). The summed E-state index contributed by atoms with van der Waals surface area (Å²) >= 11 is 1.48. The highest BCUT2D eigenvalue weighted by atomic mass is 32.2. The van der Waals surface area contributed by atoms with Crippen molar-refractivity contribution in [1.82, 2.24) is 4.90 Å². The average molecular weight is 505 g/mol. The summed E-state index contributed by atoms with van der Waals surface area (Å²) in [5, 5.41) is 3.50. The molecule has 3 N–H and O–H groups in total. The third-order valence-corrected chi connectivity index (χ3v) is 8.79. The molecule has 0 aliphatic carbocycles. The Hall–Kier alpha value is -1.90. The Balaban J connectivity index is 1.41. The van der Waals surface area contributed by atoms with Crippen molar-refractivity contribution in [3.05, 3.63) is 47.0 Å². The van der Waals surface area contributed by atoms with Crippen molar-refractivity contribution in [2.75, 3.05) is 49.5 Å². The number of halogens is 3. The predicted molar refractivity (Wildman–Crippen MR) is 138 cm³/mol. The molecule has 0 spiro atoms. The SMILES string of the molecule is CC1(C)CCN(c2ccc3c(c2)Sc2cc(C(F)(F)F)cc(NC4CCN(CCN)CC4)c2C3)C1.